The molecule has 2 heterocycles. The van der Waals surface area contributed by atoms with Gasteiger partial charge in [-0.05, 0) is 17.7 Å². The summed E-state index contributed by atoms with van der Waals surface area (Å²) < 4.78 is 5.75. The van der Waals surface area contributed by atoms with E-state index in [9.17, 15) is 15.3 Å². The minimum Gasteiger partial charge on any atom is -0.475 e. The van der Waals surface area contributed by atoms with E-state index in [0.717, 1.165) is 11.1 Å². The van der Waals surface area contributed by atoms with E-state index in [2.05, 4.69) is 9.97 Å². The van der Waals surface area contributed by atoms with Gasteiger partial charge < -0.3 is 20.1 Å². The molecule has 0 unspecified atom stereocenters. The van der Waals surface area contributed by atoms with Crippen LogP contribution in [0.25, 0.3) is 11.1 Å². The van der Waals surface area contributed by atoms with Gasteiger partial charge in [0.25, 0.3) is 0 Å². The second-order valence-electron chi connectivity index (χ2n) is 5.14. The second kappa shape index (κ2) is 7.02. The summed E-state index contributed by atoms with van der Waals surface area (Å²) in [6, 6.07) is 5.23. The molecule has 1 saturated heterocycles. The van der Waals surface area contributed by atoms with Crippen molar-refractivity contribution in [1.82, 2.24) is 9.97 Å². The highest BCUT2D eigenvalue weighted by Gasteiger charge is 2.38. The number of hydrogen-bond acceptors (Lipinski definition) is 7. The molecule has 3 N–H and O–H groups in total. The Bertz CT molecular complexity index is 676. The Balaban J connectivity index is 1.83. The molecule has 23 heavy (non-hydrogen) atoms. The van der Waals surface area contributed by atoms with Crippen LogP contribution in [0, 0.1) is 0 Å². The molecule has 1 aliphatic heterocycles. The second-order valence-corrected chi connectivity index (χ2v) is 6.68. The Morgan fingerprint density at radius 2 is 1.83 bits per heavy atom. The summed E-state index contributed by atoms with van der Waals surface area (Å²) in [5.74, 6) is 0.653. The van der Waals surface area contributed by atoms with Crippen molar-refractivity contribution in [2.75, 3.05) is 5.75 Å². The van der Waals surface area contributed by atoms with Gasteiger partial charge >= 0.3 is 0 Å². The van der Waals surface area contributed by atoms with Crippen molar-refractivity contribution in [3.05, 3.63) is 41.9 Å². The number of benzene rings is 1. The lowest BCUT2D eigenvalue weighted by molar-refractivity contribution is -0.0785. The molecular weight excluding hydrogens is 340 g/mol. The monoisotopic (exact) mass is 354 g/mol. The molecule has 1 aromatic carbocycles. The van der Waals surface area contributed by atoms with E-state index in [1.807, 2.05) is 6.07 Å². The van der Waals surface area contributed by atoms with Crippen LogP contribution >= 0.6 is 23.4 Å². The smallest absolute Gasteiger partial charge is 0.173 e. The van der Waals surface area contributed by atoms with Crippen molar-refractivity contribution in [3.8, 4) is 16.9 Å². The molecule has 6 nitrogen and oxygen atoms in total. The lowest BCUT2D eigenvalue weighted by Gasteiger charge is -2.34. The number of rotatable bonds is 3. The van der Waals surface area contributed by atoms with Crippen LogP contribution < -0.4 is 4.74 Å². The van der Waals surface area contributed by atoms with Crippen molar-refractivity contribution in [2.24, 2.45) is 0 Å². The maximum atomic E-state index is 10.0. The predicted octanol–water partition coefficient (Wildman–Crippen LogP) is 1.33. The molecule has 0 radical (unpaired) electrons. The minimum atomic E-state index is -1.24. The van der Waals surface area contributed by atoms with Crippen LogP contribution in [0.2, 0.25) is 5.02 Å². The number of ether oxygens (including phenoxy) is 1. The molecule has 1 fully saturated rings. The van der Waals surface area contributed by atoms with E-state index in [-0.39, 0.29) is 5.75 Å². The highest BCUT2D eigenvalue weighted by molar-refractivity contribution is 7.99. The molecule has 1 aromatic heterocycles. The minimum absolute atomic E-state index is 0.271. The van der Waals surface area contributed by atoms with Crippen LogP contribution in [-0.4, -0.2) is 54.8 Å². The third-order valence-electron chi connectivity index (χ3n) is 3.52. The van der Waals surface area contributed by atoms with E-state index in [1.165, 1.54) is 18.1 Å². The van der Waals surface area contributed by atoms with E-state index >= 15 is 0 Å². The average Bonchev–Trinajstić information content (AvgIpc) is 2.58. The molecule has 0 bridgehead atoms. The van der Waals surface area contributed by atoms with Crippen LogP contribution in [0.5, 0.6) is 5.75 Å². The zero-order valence-corrected chi connectivity index (χ0v) is 13.5. The highest BCUT2D eigenvalue weighted by Crippen LogP contribution is 2.35. The Morgan fingerprint density at radius 1 is 1.09 bits per heavy atom. The summed E-state index contributed by atoms with van der Waals surface area (Å²) in [5.41, 5.74) is 0.912. The molecule has 0 aliphatic carbocycles. The van der Waals surface area contributed by atoms with Crippen molar-refractivity contribution in [2.45, 2.75) is 23.7 Å². The number of nitrogens with zero attached hydrogens (tertiary/aromatic N) is 2. The number of aromatic nitrogens is 2. The summed E-state index contributed by atoms with van der Waals surface area (Å²) in [6.07, 6.45) is 1.36. The van der Waals surface area contributed by atoms with Gasteiger partial charge in [0.05, 0.1) is 11.1 Å². The third-order valence-corrected chi connectivity index (χ3v) is 5.07. The molecule has 4 atom stereocenters. The van der Waals surface area contributed by atoms with E-state index in [1.54, 1.807) is 24.5 Å². The number of halogens is 1. The van der Waals surface area contributed by atoms with Gasteiger partial charge in [-0.3, -0.25) is 0 Å². The van der Waals surface area contributed by atoms with Crippen LogP contribution in [0.3, 0.4) is 0 Å². The van der Waals surface area contributed by atoms with Crippen molar-refractivity contribution >= 4 is 23.4 Å². The quantitative estimate of drug-likeness (QED) is 0.765. The van der Waals surface area contributed by atoms with Gasteiger partial charge in [-0.25, -0.2) is 9.97 Å². The Hall–Kier alpha value is -1.38. The van der Waals surface area contributed by atoms with Crippen molar-refractivity contribution < 1.29 is 20.1 Å². The fraction of sp³-hybridized carbons (Fsp3) is 0.333. The Labute approximate surface area is 142 Å². The molecule has 1 aliphatic rings. The standard InChI is InChI=1S/C15H15ClN2O4S/c16-10-2-1-8(9-4-17-7-18-5-9)3-12(10)22-15-14(21)13(20)11(19)6-23-15/h1-5,7,11,13-15,19-21H,6H2/t11-,13+,14-,15+/m1/s1. The summed E-state index contributed by atoms with van der Waals surface area (Å²) >= 11 is 7.38. The maximum absolute atomic E-state index is 10.0. The zero-order valence-electron chi connectivity index (χ0n) is 11.9. The summed E-state index contributed by atoms with van der Waals surface area (Å²) in [6.45, 7) is 0. The van der Waals surface area contributed by atoms with Crippen molar-refractivity contribution in [1.29, 1.82) is 0 Å². The van der Waals surface area contributed by atoms with E-state index < -0.39 is 23.7 Å². The first-order valence-corrected chi connectivity index (χ1v) is 8.36. The Morgan fingerprint density at radius 3 is 2.57 bits per heavy atom. The lowest BCUT2D eigenvalue weighted by atomic mass is 10.1. The summed E-state index contributed by atoms with van der Waals surface area (Å²) in [7, 11) is 0. The number of aliphatic hydroxyl groups is 3. The fourth-order valence-corrected chi connectivity index (χ4v) is 3.51. The zero-order chi connectivity index (χ0) is 16.4. The first-order valence-electron chi connectivity index (χ1n) is 6.93. The average molecular weight is 355 g/mol. The van der Waals surface area contributed by atoms with Gasteiger partial charge in [0, 0.05) is 23.7 Å². The first-order chi connectivity index (χ1) is 11.1. The van der Waals surface area contributed by atoms with E-state index in [0.29, 0.717) is 10.8 Å². The van der Waals surface area contributed by atoms with Crippen LogP contribution in [-0.2, 0) is 0 Å². The molecular formula is C15H15ClN2O4S. The van der Waals surface area contributed by atoms with Gasteiger partial charge in [0.1, 0.15) is 24.3 Å². The molecule has 0 saturated carbocycles. The highest BCUT2D eigenvalue weighted by atomic mass is 35.5. The fourth-order valence-electron chi connectivity index (χ4n) is 2.23. The summed E-state index contributed by atoms with van der Waals surface area (Å²) in [4.78, 5) is 7.94. The number of aliphatic hydroxyl groups excluding tert-OH is 3. The largest absolute Gasteiger partial charge is 0.475 e. The van der Waals surface area contributed by atoms with Gasteiger partial charge in [0.2, 0.25) is 0 Å². The molecule has 8 heteroatoms. The molecule has 3 rings (SSSR count). The van der Waals surface area contributed by atoms with Crippen molar-refractivity contribution in [3.63, 3.8) is 0 Å². The molecule has 122 valence electrons. The van der Waals surface area contributed by atoms with Gasteiger partial charge in [-0.2, -0.15) is 0 Å². The Kier molecular flexibility index (Phi) is 5.03. The SMILES string of the molecule is O[C@@H]1[C@@H](O)[C@@H](Oc2cc(-c3cncnc3)ccc2Cl)SC[C@H]1O. The van der Waals surface area contributed by atoms with Crippen LogP contribution in [0.15, 0.2) is 36.9 Å². The van der Waals surface area contributed by atoms with Crippen LogP contribution in [0.4, 0.5) is 0 Å². The topological polar surface area (TPSA) is 95.7 Å². The van der Waals surface area contributed by atoms with Crippen LogP contribution in [0.1, 0.15) is 0 Å². The normalized spacial score (nSPS) is 27.7. The third kappa shape index (κ3) is 3.59. The molecule has 0 amide bonds. The van der Waals surface area contributed by atoms with Gasteiger partial charge in [0.15, 0.2) is 5.44 Å². The van der Waals surface area contributed by atoms with Gasteiger partial charge in [-0.1, -0.05) is 17.7 Å². The maximum Gasteiger partial charge on any atom is 0.173 e. The number of thioether (sulfide) groups is 1. The first kappa shape index (κ1) is 16.5. The number of hydrogen-bond donors (Lipinski definition) is 3. The molecule has 0 spiro atoms. The van der Waals surface area contributed by atoms with Gasteiger partial charge in [-0.15, -0.1) is 11.8 Å². The summed E-state index contributed by atoms with van der Waals surface area (Å²) in [5, 5.41) is 29.7. The lowest BCUT2D eigenvalue weighted by Crippen LogP contribution is -2.50. The molecule has 2 aromatic rings. The van der Waals surface area contributed by atoms with E-state index in [4.69, 9.17) is 16.3 Å². The predicted molar refractivity (Wildman–Crippen MR) is 87.4 cm³/mol.